The Kier molecular flexibility index (Phi) is 5.06. The van der Waals surface area contributed by atoms with Crippen molar-refractivity contribution in [2.75, 3.05) is 0 Å². The Morgan fingerprint density at radius 1 is 1.25 bits per heavy atom. The second-order valence-electron chi connectivity index (χ2n) is 6.96. The highest BCUT2D eigenvalue weighted by Gasteiger charge is 2.31. The van der Waals surface area contributed by atoms with Crippen molar-refractivity contribution in [2.45, 2.75) is 38.8 Å². The van der Waals surface area contributed by atoms with Crippen molar-refractivity contribution in [2.24, 2.45) is 0 Å². The van der Waals surface area contributed by atoms with Gasteiger partial charge < -0.3 is 9.30 Å². The fourth-order valence-electron chi connectivity index (χ4n) is 4.02. The molecule has 7 heteroatoms. The fraction of sp³-hybridized carbons (Fsp3) is 0.286. The molecule has 0 spiro atoms. The van der Waals surface area contributed by atoms with Crippen molar-refractivity contribution in [1.29, 1.82) is 0 Å². The van der Waals surface area contributed by atoms with Crippen molar-refractivity contribution in [3.8, 4) is 0 Å². The Hall–Kier alpha value is -2.11. The molecule has 1 aromatic heterocycles. The van der Waals surface area contributed by atoms with Gasteiger partial charge in [0.25, 0.3) is 0 Å². The smallest absolute Gasteiger partial charge is 0.303 e. The molecule has 4 rings (SSSR count). The maximum Gasteiger partial charge on any atom is 0.303 e. The summed E-state index contributed by atoms with van der Waals surface area (Å²) in [6.07, 6.45) is 1.54. The van der Waals surface area contributed by atoms with Gasteiger partial charge in [0.05, 0.1) is 11.2 Å². The lowest BCUT2D eigenvalue weighted by Gasteiger charge is -2.25. The molecule has 1 aliphatic rings. The van der Waals surface area contributed by atoms with Crippen LogP contribution < -0.4 is 0 Å². The third-order valence-electron chi connectivity index (χ3n) is 5.07. The van der Waals surface area contributed by atoms with Crippen molar-refractivity contribution in [3.63, 3.8) is 0 Å². The molecule has 0 aliphatic heterocycles. The number of carbonyl (C=O) groups excluding carboxylic acids is 1. The second kappa shape index (κ2) is 7.37. The molecule has 0 saturated carbocycles. The van der Waals surface area contributed by atoms with E-state index in [1.807, 2.05) is 0 Å². The number of hydrogen-bond donors (Lipinski definition) is 0. The minimum atomic E-state index is -0.656. The van der Waals surface area contributed by atoms with Crippen LogP contribution in [0.25, 0.3) is 10.9 Å². The molecule has 1 aliphatic carbocycles. The Morgan fingerprint density at radius 2 is 2.04 bits per heavy atom. The van der Waals surface area contributed by atoms with Crippen molar-refractivity contribution < 1.29 is 18.3 Å². The number of ether oxygens (including phenoxy) is 1. The molecule has 3 aromatic rings. The molecule has 1 atom stereocenters. The Balaban J connectivity index is 1.96. The summed E-state index contributed by atoms with van der Waals surface area (Å²) in [5.41, 5.74) is 2.54. The molecule has 3 nitrogen and oxygen atoms in total. The van der Waals surface area contributed by atoms with Gasteiger partial charge in [0.15, 0.2) is 0 Å². The third kappa shape index (κ3) is 3.38. The van der Waals surface area contributed by atoms with Crippen LogP contribution in [-0.2, 0) is 22.5 Å². The van der Waals surface area contributed by atoms with E-state index in [-0.39, 0.29) is 12.1 Å². The number of hydrogen-bond acceptors (Lipinski definition) is 2. The number of fused-ring (bicyclic) bond motifs is 3. The highest BCUT2D eigenvalue weighted by Crippen LogP contribution is 2.41. The van der Waals surface area contributed by atoms with E-state index in [0.29, 0.717) is 34.0 Å². The van der Waals surface area contributed by atoms with Gasteiger partial charge in [0.2, 0.25) is 0 Å². The van der Waals surface area contributed by atoms with E-state index in [1.54, 1.807) is 22.8 Å². The summed E-state index contributed by atoms with van der Waals surface area (Å²) in [7, 11) is 0. The average Bonchev–Trinajstić information content (AvgIpc) is 2.92. The molecule has 146 valence electrons. The molecule has 0 amide bonds. The first-order valence-electron chi connectivity index (χ1n) is 8.96. The maximum atomic E-state index is 14.8. The van der Waals surface area contributed by atoms with Gasteiger partial charge >= 0.3 is 5.97 Å². The van der Waals surface area contributed by atoms with E-state index in [9.17, 15) is 13.6 Å². The van der Waals surface area contributed by atoms with Gasteiger partial charge in [-0.1, -0.05) is 29.3 Å². The van der Waals surface area contributed by atoms with E-state index >= 15 is 0 Å². The van der Waals surface area contributed by atoms with Gasteiger partial charge in [-0.25, -0.2) is 8.78 Å². The molecule has 28 heavy (non-hydrogen) atoms. The van der Waals surface area contributed by atoms with Crippen molar-refractivity contribution in [1.82, 2.24) is 4.57 Å². The molecule has 2 aromatic carbocycles. The predicted molar refractivity (Wildman–Crippen MR) is 105 cm³/mol. The Bertz CT molecular complexity index is 1090. The average molecular weight is 424 g/mol. The number of carbonyl (C=O) groups is 1. The van der Waals surface area contributed by atoms with Crippen LogP contribution in [0, 0.1) is 11.6 Å². The molecular formula is C21H17Cl2F2NO2. The molecular weight excluding hydrogens is 407 g/mol. The van der Waals surface area contributed by atoms with E-state index < -0.39 is 23.7 Å². The van der Waals surface area contributed by atoms with Crippen LogP contribution in [0.4, 0.5) is 8.78 Å². The first kappa shape index (κ1) is 19.2. The third-order valence-corrected chi connectivity index (χ3v) is 5.66. The minimum Gasteiger partial charge on any atom is -0.456 e. The highest BCUT2D eigenvalue weighted by atomic mass is 35.5. The van der Waals surface area contributed by atoms with Crippen LogP contribution in [-0.4, -0.2) is 10.5 Å². The summed E-state index contributed by atoms with van der Waals surface area (Å²) < 4.78 is 36.0. The zero-order valence-corrected chi connectivity index (χ0v) is 16.6. The van der Waals surface area contributed by atoms with E-state index in [1.165, 1.54) is 13.0 Å². The highest BCUT2D eigenvalue weighted by molar-refractivity contribution is 6.35. The summed E-state index contributed by atoms with van der Waals surface area (Å²) in [4.78, 5) is 11.6. The minimum absolute atomic E-state index is 0.252. The number of aryl methyl sites for hydroxylation is 1. The Morgan fingerprint density at radius 3 is 2.75 bits per heavy atom. The van der Waals surface area contributed by atoms with Crippen LogP contribution >= 0.6 is 23.2 Å². The summed E-state index contributed by atoms with van der Waals surface area (Å²) in [5, 5.41) is 1.46. The maximum absolute atomic E-state index is 14.8. The zero-order chi connectivity index (χ0) is 20.0. The molecule has 1 heterocycles. The summed E-state index contributed by atoms with van der Waals surface area (Å²) in [6.45, 7) is 1.60. The van der Waals surface area contributed by atoms with Gasteiger partial charge in [0.1, 0.15) is 17.7 Å². The molecule has 0 bridgehead atoms. The summed E-state index contributed by atoms with van der Waals surface area (Å²) in [5.74, 6) is -1.70. The van der Waals surface area contributed by atoms with Crippen molar-refractivity contribution in [3.05, 3.63) is 68.8 Å². The van der Waals surface area contributed by atoms with Crippen LogP contribution in [0.3, 0.4) is 0 Å². The van der Waals surface area contributed by atoms with Gasteiger partial charge in [0, 0.05) is 35.0 Å². The van der Waals surface area contributed by atoms with E-state index in [0.717, 1.165) is 23.6 Å². The quantitative estimate of drug-likeness (QED) is 0.468. The SMILES string of the molecule is CC(=O)OC1CCCc2c1n(Cc1ccc(Cl)cc1Cl)c1c(F)cc(F)cc21. The first-order valence-corrected chi connectivity index (χ1v) is 9.72. The predicted octanol–water partition coefficient (Wildman–Crippen LogP) is 6.22. The van der Waals surface area contributed by atoms with Crippen LogP contribution in [0.15, 0.2) is 30.3 Å². The van der Waals surface area contributed by atoms with Crippen molar-refractivity contribution >= 4 is 40.1 Å². The zero-order valence-electron chi connectivity index (χ0n) is 15.1. The van der Waals surface area contributed by atoms with E-state index in [2.05, 4.69) is 0 Å². The largest absolute Gasteiger partial charge is 0.456 e. The van der Waals surface area contributed by atoms with Crippen LogP contribution in [0.2, 0.25) is 10.0 Å². The van der Waals surface area contributed by atoms with Gasteiger partial charge in [-0.15, -0.1) is 0 Å². The lowest BCUT2D eigenvalue weighted by molar-refractivity contribution is -0.147. The fourth-order valence-corrected chi connectivity index (χ4v) is 4.49. The summed E-state index contributed by atoms with van der Waals surface area (Å²) in [6, 6.07) is 7.31. The number of aromatic nitrogens is 1. The molecule has 0 radical (unpaired) electrons. The standard InChI is InChI=1S/C21H17Cl2F2NO2/c1-11(27)28-19-4-2-3-15-16-8-14(24)9-18(25)20(16)26(21(15)19)10-12-5-6-13(22)7-17(12)23/h5-9,19H,2-4,10H2,1H3. The van der Waals surface area contributed by atoms with Gasteiger partial charge in [-0.3, -0.25) is 4.79 Å². The first-order chi connectivity index (χ1) is 13.3. The number of rotatable bonds is 3. The van der Waals surface area contributed by atoms with Crippen LogP contribution in [0.1, 0.15) is 42.7 Å². The monoisotopic (exact) mass is 423 g/mol. The molecule has 0 saturated heterocycles. The second-order valence-corrected chi connectivity index (χ2v) is 7.80. The molecule has 0 N–H and O–H groups in total. The summed E-state index contributed by atoms with van der Waals surface area (Å²) >= 11 is 12.3. The number of halogens is 4. The molecule has 1 unspecified atom stereocenters. The van der Waals surface area contributed by atoms with Crippen LogP contribution in [0.5, 0.6) is 0 Å². The topological polar surface area (TPSA) is 31.2 Å². The van der Waals surface area contributed by atoms with Gasteiger partial charge in [-0.2, -0.15) is 0 Å². The van der Waals surface area contributed by atoms with E-state index in [4.69, 9.17) is 27.9 Å². The number of nitrogens with zero attached hydrogens (tertiary/aromatic N) is 1. The van der Waals surface area contributed by atoms with Gasteiger partial charge in [-0.05, 0) is 48.6 Å². The molecule has 0 fully saturated rings. The Labute approximate surface area is 170 Å². The number of benzene rings is 2. The number of esters is 1. The normalized spacial score (nSPS) is 16.2. The lowest BCUT2D eigenvalue weighted by atomic mass is 9.93. The lowest BCUT2D eigenvalue weighted by Crippen LogP contribution is -2.19.